The van der Waals surface area contributed by atoms with Crippen molar-refractivity contribution in [3.8, 4) is 28.5 Å². The second-order valence-electron chi connectivity index (χ2n) is 8.39. The van der Waals surface area contributed by atoms with Crippen LogP contribution in [-0.4, -0.2) is 13.9 Å². The monoisotopic (exact) mass is 425 g/mol. The van der Waals surface area contributed by atoms with Crippen LogP contribution in [0.1, 0.15) is 24.1 Å². The highest BCUT2D eigenvalue weighted by atomic mass is 16.7. The highest BCUT2D eigenvalue weighted by Crippen LogP contribution is 2.41. The molecule has 0 bridgehead atoms. The lowest BCUT2D eigenvalue weighted by molar-refractivity contribution is -0.686. The van der Waals surface area contributed by atoms with Crippen LogP contribution in [0.3, 0.4) is 0 Å². The van der Waals surface area contributed by atoms with Gasteiger partial charge in [-0.25, -0.2) is 0 Å². The fraction of sp³-hybridized carbons (Fsp3) is 0.222. The number of nitrogens with zero attached hydrogens (tertiary/aromatic N) is 1. The molecule has 4 aromatic rings. The van der Waals surface area contributed by atoms with E-state index in [4.69, 9.17) is 14.2 Å². The Morgan fingerprint density at radius 2 is 1.81 bits per heavy atom. The minimum atomic E-state index is 0.150. The molecule has 2 aliphatic rings. The van der Waals surface area contributed by atoms with Gasteiger partial charge in [0.2, 0.25) is 12.5 Å². The van der Waals surface area contributed by atoms with Crippen molar-refractivity contribution in [1.82, 2.24) is 0 Å². The molecule has 1 atom stereocenters. The summed E-state index contributed by atoms with van der Waals surface area (Å²) in [7, 11) is 1.73. The molecule has 3 aromatic carbocycles. The average Bonchev–Trinajstić information content (AvgIpc) is 3.30. The molecule has 5 heteroatoms. The maximum Gasteiger partial charge on any atom is 0.231 e. The third-order valence-corrected chi connectivity index (χ3v) is 6.50. The zero-order valence-electron chi connectivity index (χ0n) is 18.2. The van der Waals surface area contributed by atoms with Gasteiger partial charge in [0.1, 0.15) is 5.75 Å². The molecule has 160 valence electrons. The number of aromatic nitrogens is 1. The van der Waals surface area contributed by atoms with Crippen LogP contribution in [0.4, 0.5) is 5.69 Å². The average molecular weight is 426 g/mol. The number of nitrogens with one attached hydrogen (secondary N) is 1. The predicted molar refractivity (Wildman–Crippen MR) is 124 cm³/mol. The van der Waals surface area contributed by atoms with Gasteiger partial charge < -0.3 is 19.5 Å². The first kappa shape index (κ1) is 19.0. The lowest BCUT2D eigenvalue weighted by Gasteiger charge is -2.21. The van der Waals surface area contributed by atoms with E-state index in [9.17, 15) is 0 Å². The van der Waals surface area contributed by atoms with Crippen molar-refractivity contribution >= 4 is 16.5 Å². The minimum absolute atomic E-state index is 0.150. The zero-order valence-corrected chi connectivity index (χ0v) is 18.2. The van der Waals surface area contributed by atoms with Crippen LogP contribution >= 0.6 is 0 Å². The number of anilines is 1. The fourth-order valence-corrected chi connectivity index (χ4v) is 4.78. The number of aryl methyl sites for hydroxylation is 2. The van der Waals surface area contributed by atoms with E-state index in [0.29, 0.717) is 6.79 Å². The molecular weight excluding hydrogens is 400 g/mol. The molecule has 0 spiro atoms. The van der Waals surface area contributed by atoms with Gasteiger partial charge in [0.05, 0.1) is 23.7 Å². The zero-order chi connectivity index (χ0) is 21.7. The van der Waals surface area contributed by atoms with Crippen LogP contribution in [0.25, 0.3) is 22.0 Å². The minimum Gasteiger partial charge on any atom is -0.495 e. The van der Waals surface area contributed by atoms with Gasteiger partial charge in [0, 0.05) is 18.5 Å². The van der Waals surface area contributed by atoms with Gasteiger partial charge in [-0.1, -0.05) is 36.4 Å². The number of benzene rings is 3. The maximum absolute atomic E-state index is 5.74. The van der Waals surface area contributed by atoms with E-state index in [1.165, 1.54) is 27.8 Å². The summed E-state index contributed by atoms with van der Waals surface area (Å²) in [4.78, 5) is 0. The molecule has 6 rings (SSSR count). The van der Waals surface area contributed by atoms with Gasteiger partial charge in [0.15, 0.2) is 24.2 Å². The van der Waals surface area contributed by atoms with Crippen LogP contribution < -0.4 is 24.1 Å². The molecule has 3 heterocycles. The van der Waals surface area contributed by atoms with Gasteiger partial charge >= 0.3 is 0 Å². The summed E-state index contributed by atoms with van der Waals surface area (Å²) in [5.41, 5.74) is 5.98. The van der Waals surface area contributed by atoms with Crippen LogP contribution in [0.15, 0.2) is 66.9 Å². The molecule has 32 heavy (non-hydrogen) atoms. The first-order valence-corrected chi connectivity index (χ1v) is 11.0. The van der Waals surface area contributed by atoms with Gasteiger partial charge in [-0.05, 0) is 41.6 Å². The number of fused-ring (bicyclic) bond motifs is 5. The topological polar surface area (TPSA) is 43.6 Å². The molecule has 0 radical (unpaired) electrons. The van der Waals surface area contributed by atoms with Crippen molar-refractivity contribution in [3.63, 3.8) is 0 Å². The van der Waals surface area contributed by atoms with Crippen LogP contribution in [0.5, 0.6) is 17.2 Å². The predicted octanol–water partition coefficient (Wildman–Crippen LogP) is 5.26. The van der Waals surface area contributed by atoms with Crippen LogP contribution in [0.2, 0.25) is 0 Å². The molecule has 0 fully saturated rings. The van der Waals surface area contributed by atoms with Gasteiger partial charge in [-0.3, -0.25) is 0 Å². The summed E-state index contributed by atoms with van der Waals surface area (Å²) in [6.45, 7) is 3.39. The third-order valence-electron chi connectivity index (χ3n) is 6.50. The van der Waals surface area contributed by atoms with E-state index in [1.807, 2.05) is 12.1 Å². The Balaban J connectivity index is 1.47. The summed E-state index contributed by atoms with van der Waals surface area (Å²) in [6, 6.07) is 21.3. The molecule has 5 nitrogen and oxygen atoms in total. The Hall–Kier alpha value is -3.73. The van der Waals surface area contributed by atoms with Crippen molar-refractivity contribution in [3.05, 3.63) is 78.0 Å². The third kappa shape index (κ3) is 3.04. The van der Waals surface area contributed by atoms with Crippen molar-refractivity contribution in [1.29, 1.82) is 0 Å². The van der Waals surface area contributed by atoms with E-state index >= 15 is 0 Å². The molecule has 0 aliphatic carbocycles. The molecule has 1 unspecified atom stereocenters. The Morgan fingerprint density at radius 1 is 1.00 bits per heavy atom. The lowest BCUT2D eigenvalue weighted by atomic mass is 9.95. The quantitative estimate of drug-likeness (QED) is 0.453. The number of hydrogen-bond acceptors (Lipinski definition) is 4. The number of hydrogen-bond donors (Lipinski definition) is 1. The Morgan fingerprint density at radius 3 is 2.62 bits per heavy atom. The smallest absolute Gasteiger partial charge is 0.231 e. The summed E-state index contributed by atoms with van der Waals surface area (Å²) >= 11 is 0. The normalized spacial score (nSPS) is 14.6. The summed E-state index contributed by atoms with van der Waals surface area (Å²) in [6.07, 6.45) is 3.21. The highest BCUT2D eigenvalue weighted by molar-refractivity contribution is 5.97. The Labute approximate surface area is 187 Å². The van der Waals surface area contributed by atoms with Crippen molar-refractivity contribution in [2.75, 3.05) is 19.2 Å². The molecule has 0 saturated heterocycles. The second kappa shape index (κ2) is 7.45. The van der Waals surface area contributed by atoms with Crippen molar-refractivity contribution in [2.45, 2.75) is 25.9 Å². The van der Waals surface area contributed by atoms with Crippen LogP contribution in [0, 0.1) is 0 Å². The summed E-state index contributed by atoms with van der Waals surface area (Å²) < 4.78 is 19.3. The number of rotatable bonds is 4. The first-order valence-electron chi connectivity index (χ1n) is 11.0. The molecule has 0 saturated carbocycles. The van der Waals surface area contributed by atoms with E-state index in [-0.39, 0.29) is 6.04 Å². The van der Waals surface area contributed by atoms with Gasteiger partial charge in [-0.15, -0.1) is 0 Å². The molecule has 2 aliphatic heterocycles. The molecular formula is C27H25N2O3+. The number of methoxy groups -OCH3 is 1. The molecule has 0 amide bonds. The molecule has 1 aromatic heterocycles. The van der Waals surface area contributed by atoms with E-state index in [2.05, 4.69) is 71.5 Å². The highest BCUT2D eigenvalue weighted by Gasteiger charge is 2.28. The standard InChI is InChI=1S/C27H24N2O3/c1-17(18-6-4-3-5-7-18)28-27-22-15-29-11-10-20-13-25-26(32-16-31-25)14-21(20)23(29)12-19(22)8-9-24(27)30-2/h3-9,12-15,17H,10-11,16H2,1-2H3/p+1. The Kier molecular flexibility index (Phi) is 4.42. The largest absolute Gasteiger partial charge is 0.495 e. The fourth-order valence-electron chi connectivity index (χ4n) is 4.78. The number of ether oxygens (including phenoxy) is 3. The second-order valence-corrected chi connectivity index (χ2v) is 8.39. The SMILES string of the molecule is COc1ccc2cc3[n+](cc2c1NC(C)c1ccccc1)CCc1cc2c(cc1-3)OCO2. The first-order chi connectivity index (χ1) is 15.7. The maximum atomic E-state index is 5.74. The summed E-state index contributed by atoms with van der Waals surface area (Å²) in [5.74, 6) is 2.52. The van der Waals surface area contributed by atoms with Crippen molar-refractivity contribution in [2.24, 2.45) is 0 Å². The molecule has 1 N–H and O–H groups in total. The lowest BCUT2D eigenvalue weighted by Crippen LogP contribution is -2.40. The van der Waals surface area contributed by atoms with E-state index < -0.39 is 0 Å². The summed E-state index contributed by atoms with van der Waals surface area (Å²) in [5, 5.41) is 6.03. The van der Waals surface area contributed by atoms with E-state index in [1.54, 1.807) is 7.11 Å². The van der Waals surface area contributed by atoms with Gasteiger partial charge in [0.25, 0.3) is 0 Å². The van der Waals surface area contributed by atoms with Gasteiger partial charge in [-0.2, -0.15) is 4.57 Å². The van der Waals surface area contributed by atoms with Crippen molar-refractivity contribution < 1.29 is 18.8 Å². The van der Waals surface area contributed by atoms with E-state index in [0.717, 1.165) is 41.3 Å². The number of pyridine rings is 1. The Bertz CT molecular complexity index is 1330. The van der Waals surface area contributed by atoms with Crippen LogP contribution in [-0.2, 0) is 13.0 Å².